The highest BCUT2D eigenvalue weighted by Gasteiger charge is 2.33. The molecule has 1 heterocycles. The fourth-order valence-electron chi connectivity index (χ4n) is 3.06. The van der Waals surface area contributed by atoms with Crippen LogP contribution in [0, 0.1) is 5.92 Å². The predicted molar refractivity (Wildman–Crippen MR) is 101 cm³/mol. The number of carbonyl (C=O) groups excluding carboxylic acids is 1. The van der Waals surface area contributed by atoms with Crippen molar-refractivity contribution in [2.45, 2.75) is 24.3 Å². The van der Waals surface area contributed by atoms with Crippen molar-refractivity contribution in [1.29, 1.82) is 0 Å². The van der Waals surface area contributed by atoms with E-state index in [0.717, 1.165) is 5.56 Å². The van der Waals surface area contributed by atoms with E-state index in [4.69, 9.17) is 11.6 Å². The second kappa shape index (κ2) is 8.20. The fraction of sp³-hybridized carbons (Fsp3) is 0.316. The van der Waals surface area contributed by atoms with E-state index in [1.807, 2.05) is 30.3 Å². The summed E-state index contributed by atoms with van der Waals surface area (Å²) in [5.41, 5.74) is 1.02. The second-order valence-electron chi connectivity index (χ2n) is 6.36. The minimum atomic E-state index is -3.62. The summed E-state index contributed by atoms with van der Waals surface area (Å²) >= 11 is 5.84. The first-order chi connectivity index (χ1) is 12.5. The van der Waals surface area contributed by atoms with Crippen LogP contribution in [-0.4, -0.2) is 31.7 Å². The Morgan fingerprint density at radius 1 is 1.12 bits per heavy atom. The van der Waals surface area contributed by atoms with Gasteiger partial charge in [0.25, 0.3) is 0 Å². The minimum Gasteiger partial charge on any atom is -0.352 e. The second-order valence-corrected chi connectivity index (χ2v) is 8.73. The molecule has 1 saturated heterocycles. The van der Waals surface area contributed by atoms with Gasteiger partial charge in [-0.25, -0.2) is 8.42 Å². The van der Waals surface area contributed by atoms with Crippen molar-refractivity contribution in [3.63, 3.8) is 0 Å². The highest BCUT2D eigenvalue weighted by Crippen LogP contribution is 2.25. The Bertz CT molecular complexity index is 854. The van der Waals surface area contributed by atoms with Gasteiger partial charge < -0.3 is 5.32 Å². The monoisotopic (exact) mass is 392 g/mol. The van der Waals surface area contributed by atoms with E-state index >= 15 is 0 Å². The molecule has 2 aromatic carbocycles. The van der Waals surface area contributed by atoms with E-state index < -0.39 is 10.0 Å². The molecule has 1 amide bonds. The van der Waals surface area contributed by atoms with E-state index in [1.54, 1.807) is 12.1 Å². The SMILES string of the molecule is O=C(NCc1ccccc1)[C@@H]1CCCN(S(=O)(=O)c2ccc(Cl)cc2)C1. The summed E-state index contributed by atoms with van der Waals surface area (Å²) in [7, 11) is -3.62. The quantitative estimate of drug-likeness (QED) is 0.850. The maximum absolute atomic E-state index is 12.8. The van der Waals surface area contributed by atoms with Crippen LogP contribution < -0.4 is 5.32 Å². The van der Waals surface area contributed by atoms with Crippen molar-refractivity contribution in [2.24, 2.45) is 5.92 Å². The minimum absolute atomic E-state index is 0.107. The smallest absolute Gasteiger partial charge is 0.243 e. The number of halogens is 1. The summed E-state index contributed by atoms with van der Waals surface area (Å²) in [5, 5.41) is 3.40. The number of sulfonamides is 1. The Hall–Kier alpha value is -1.89. The third-order valence-corrected chi connectivity index (χ3v) is 6.65. The molecule has 1 aliphatic heterocycles. The van der Waals surface area contributed by atoms with Crippen LogP contribution in [0.3, 0.4) is 0 Å². The van der Waals surface area contributed by atoms with Crippen LogP contribution in [-0.2, 0) is 21.4 Å². The number of carbonyl (C=O) groups is 1. The molecule has 1 fully saturated rings. The van der Waals surface area contributed by atoms with Gasteiger partial charge in [-0.1, -0.05) is 41.9 Å². The van der Waals surface area contributed by atoms with Gasteiger partial charge in [0.15, 0.2) is 0 Å². The lowest BCUT2D eigenvalue weighted by Crippen LogP contribution is -2.45. The third-order valence-electron chi connectivity index (χ3n) is 4.52. The number of benzene rings is 2. The molecule has 0 unspecified atom stereocenters. The number of hydrogen-bond donors (Lipinski definition) is 1. The van der Waals surface area contributed by atoms with Crippen LogP contribution in [0.25, 0.3) is 0 Å². The van der Waals surface area contributed by atoms with Crippen LogP contribution in [0.2, 0.25) is 5.02 Å². The van der Waals surface area contributed by atoms with E-state index in [9.17, 15) is 13.2 Å². The zero-order valence-electron chi connectivity index (χ0n) is 14.3. The largest absolute Gasteiger partial charge is 0.352 e. The van der Waals surface area contributed by atoms with Crippen LogP contribution in [0.5, 0.6) is 0 Å². The average Bonchev–Trinajstić information content (AvgIpc) is 2.67. The highest BCUT2D eigenvalue weighted by atomic mass is 35.5. The van der Waals surface area contributed by atoms with Gasteiger partial charge in [-0.15, -0.1) is 0 Å². The summed E-state index contributed by atoms with van der Waals surface area (Å²) in [6.07, 6.45) is 1.35. The molecule has 1 atom stereocenters. The fourth-order valence-corrected chi connectivity index (χ4v) is 4.71. The van der Waals surface area contributed by atoms with Crippen molar-refractivity contribution in [1.82, 2.24) is 9.62 Å². The Kier molecular flexibility index (Phi) is 5.96. The molecule has 0 radical (unpaired) electrons. The van der Waals surface area contributed by atoms with Gasteiger partial charge in [-0.05, 0) is 42.7 Å². The summed E-state index contributed by atoms with van der Waals surface area (Å²) < 4.78 is 27.0. The lowest BCUT2D eigenvalue weighted by atomic mass is 9.99. The van der Waals surface area contributed by atoms with Crippen LogP contribution >= 0.6 is 11.6 Å². The molecule has 0 bridgehead atoms. The van der Waals surface area contributed by atoms with Crippen molar-refractivity contribution in [2.75, 3.05) is 13.1 Å². The molecule has 3 rings (SSSR count). The molecule has 7 heteroatoms. The van der Waals surface area contributed by atoms with Crippen molar-refractivity contribution >= 4 is 27.5 Å². The summed E-state index contributed by atoms with van der Waals surface area (Å²) in [6, 6.07) is 15.8. The summed E-state index contributed by atoms with van der Waals surface area (Å²) in [4.78, 5) is 12.7. The maximum atomic E-state index is 12.8. The molecular weight excluding hydrogens is 372 g/mol. The van der Waals surface area contributed by atoms with Gasteiger partial charge in [0.2, 0.25) is 15.9 Å². The number of rotatable bonds is 5. The van der Waals surface area contributed by atoms with Gasteiger partial charge in [0, 0.05) is 24.7 Å². The molecule has 1 N–H and O–H groups in total. The van der Waals surface area contributed by atoms with Crippen LogP contribution in [0.1, 0.15) is 18.4 Å². The lowest BCUT2D eigenvalue weighted by molar-refractivity contribution is -0.126. The molecule has 0 spiro atoms. The van der Waals surface area contributed by atoms with E-state index in [2.05, 4.69) is 5.32 Å². The number of hydrogen-bond acceptors (Lipinski definition) is 3. The standard InChI is InChI=1S/C19H21ClN2O3S/c20-17-8-10-18(11-9-17)26(24,25)22-12-4-7-16(14-22)19(23)21-13-15-5-2-1-3-6-15/h1-3,5-6,8-11,16H,4,7,12-14H2,(H,21,23)/t16-/m1/s1. The zero-order valence-corrected chi connectivity index (χ0v) is 15.8. The Morgan fingerprint density at radius 2 is 1.81 bits per heavy atom. The normalized spacial score (nSPS) is 18.4. The zero-order chi connectivity index (χ0) is 18.6. The molecule has 26 heavy (non-hydrogen) atoms. The molecule has 2 aromatic rings. The summed E-state index contributed by atoms with van der Waals surface area (Å²) in [5.74, 6) is -0.445. The van der Waals surface area contributed by atoms with Gasteiger partial charge in [-0.2, -0.15) is 4.31 Å². The molecule has 0 aromatic heterocycles. The van der Waals surface area contributed by atoms with Crippen molar-refractivity contribution in [3.05, 3.63) is 65.2 Å². The number of amides is 1. The lowest BCUT2D eigenvalue weighted by Gasteiger charge is -2.31. The van der Waals surface area contributed by atoms with E-state index in [0.29, 0.717) is 31.0 Å². The number of nitrogens with one attached hydrogen (secondary N) is 1. The van der Waals surface area contributed by atoms with E-state index in [-0.39, 0.29) is 23.3 Å². The van der Waals surface area contributed by atoms with Gasteiger partial charge in [-0.3, -0.25) is 4.79 Å². The molecule has 0 aliphatic carbocycles. The first kappa shape index (κ1) is 18.9. The molecule has 1 aliphatic rings. The van der Waals surface area contributed by atoms with Crippen molar-refractivity contribution in [3.8, 4) is 0 Å². The Morgan fingerprint density at radius 3 is 2.50 bits per heavy atom. The first-order valence-electron chi connectivity index (χ1n) is 8.54. The molecular formula is C19H21ClN2O3S. The van der Waals surface area contributed by atoms with Gasteiger partial charge in [0.1, 0.15) is 0 Å². The van der Waals surface area contributed by atoms with Crippen molar-refractivity contribution < 1.29 is 13.2 Å². The Balaban J connectivity index is 1.64. The molecule has 138 valence electrons. The van der Waals surface area contributed by atoms with Crippen LogP contribution in [0.15, 0.2) is 59.5 Å². The first-order valence-corrected chi connectivity index (χ1v) is 10.4. The average molecular weight is 393 g/mol. The predicted octanol–water partition coefficient (Wildman–Crippen LogP) is 3.06. The molecule has 0 saturated carbocycles. The van der Waals surface area contributed by atoms with Gasteiger partial charge in [0.05, 0.1) is 10.8 Å². The Labute approximate surface area is 159 Å². The number of nitrogens with zero attached hydrogens (tertiary/aromatic N) is 1. The summed E-state index contributed by atoms with van der Waals surface area (Å²) in [6.45, 7) is 1.07. The van der Waals surface area contributed by atoms with E-state index in [1.165, 1.54) is 16.4 Å². The van der Waals surface area contributed by atoms with Gasteiger partial charge >= 0.3 is 0 Å². The number of piperidine rings is 1. The third kappa shape index (κ3) is 4.44. The molecule has 5 nitrogen and oxygen atoms in total. The maximum Gasteiger partial charge on any atom is 0.243 e. The highest BCUT2D eigenvalue weighted by molar-refractivity contribution is 7.89. The topological polar surface area (TPSA) is 66.5 Å². The van der Waals surface area contributed by atoms with Crippen LogP contribution in [0.4, 0.5) is 0 Å².